The van der Waals surface area contributed by atoms with Crippen LogP contribution in [0.5, 0.6) is 0 Å². The molecule has 0 amide bonds. The molecule has 0 spiro atoms. The summed E-state index contributed by atoms with van der Waals surface area (Å²) in [5.74, 6) is 0. The third-order valence-corrected chi connectivity index (χ3v) is 18.2. The molecule has 13 aromatic rings. The van der Waals surface area contributed by atoms with E-state index in [2.05, 4.69) is 344 Å². The van der Waals surface area contributed by atoms with Crippen LogP contribution in [0.4, 0.5) is 68.2 Å². The molecule has 0 bridgehead atoms. The van der Waals surface area contributed by atoms with Crippen LogP contribution in [-0.2, 0) is 0 Å². The summed E-state index contributed by atoms with van der Waals surface area (Å²) < 4.78 is 2.49. The molecule has 0 atom stereocenters. The second-order valence-electron chi connectivity index (χ2n) is 23.8. The normalized spacial score (nSPS) is 11.3. The topological polar surface area (TPSA) is 13.0 Å². The van der Waals surface area contributed by atoms with Crippen molar-refractivity contribution in [3.63, 3.8) is 0 Å². The van der Waals surface area contributed by atoms with Crippen LogP contribution >= 0.6 is 11.3 Å². The van der Waals surface area contributed by atoms with Gasteiger partial charge in [-0.2, -0.15) is 0 Å². The Morgan fingerprint density at radius 1 is 0.195 bits per heavy atom. The van der Waals surface area contributed by atoms with Gasteiger partial charge in [-0.15, -0.1) is 11.3 Å². The Kier molecular flexibility index (Phi) is 15.2. The molecule has 0 fully saturated rings. The van der Waals surface area contributed by atoms with Crippen molar-refractivity contribution in [2.75, 3.05) is 19.6 Å². The van der Waals surface area contributed by atoms with Gasteiger partial charge in [-0.1, -0.05) is 167 Å². The van der Waals surface area contributed by atoms with Gasteiger partial charge in [-0.05, 0) is 235 Å². The Balaban J connectivity index is 0.811. The number of fused-ring (bicyclic) bond motifs is 3. The number of aryl methyl sites for hydroxylation is 10. The molecule has 0 saturated heterocycles. The molecule has 1 aromatic heterocycles. The van der Waals surface area contributed by atoms with E-state index in [0.717, 1.165) is 56.9 Å². The number of rotatable bonds is 14. The van der Waals surface area contributed by atoms with Gasteiger partial charge in [0.15, 0.2) is 0 Å². The molecule has 12 aromatic carbocycles. The maximum absolute atomic E-state index is 2.42. The van der Waals surface area contributed by atoms with Gasteiger partial charge in [0.1, 0.15) is 0 Å². The van der Waals surface area contributed by atoms with Crippen LogP contribution in [0.25, 0.3) is 42.4 Å². The lowest BCUT2D eigenvalue weighted by atomic mass is 10.0. The summed E-state index contributed by atoms with van der Waals surface area (Å²) >= 11 is 1.86. The summed E-state index contributed by atoms with van der Waals surface area (Å²) in [6, 6.07) is 94.8. The molecule has 0 unspecified atom stereocenters. The first-order chi connectivity index (χ1) is 42.2. The SMILES string of the molecule is Cc1ccc(N(c2ccc(-c3ccc(N(c4ccc5c(c4)sc4cc(N(c6ccc(-c7ccc(N(c8ccc(C)cc8)c8ccc(C)cc8C)cc7)cc6)c6ccc(C)cc6C)ccc45)c4ccc(C)cc4C)cc3)cc2)c2ccc(C)cc2C)cc1. The third kappa shape index (κ3) is 11.3. The molecular formula is C82H72N4S. The van der Waals surface area contributed by atoms with Crippen LogP contribution in [0, 0.1) is 69.2 Å². The van der Waals surface area contributed by atoms with Crippen LogP contribution in [-0.4, -0.2) is 0 Å². The van der Waals surface area contributed by atoms with E-state index in [-0.39, 0.29) is 0 Å². The van der Waals surface area contributed by atoms with E-state index in [1.165, 1.54) is 109 Å². The summed E-state index contributed by atoms with van der Waals surface area (Å²) in [4.78, 5) is 9.58. The van der Waals surface area contributed by atoms with Crippen LogP contribution in [0.15, 0.2) is 255 Å². The van der Waals surface area contributed by atoms with E-state index < -0.39 is 0 Å². The predicted molar refractivity (Wildman–Crippen MR) is 376 cm³/mol. The standard InChI is InChI=1S/C82H72N4S/c1-53-11-27-67(28-12-53)83(77-43-15-55(3)47-59(77)7)69-31-19-63(20-32-69)65-23-35-71(36-24-65)85(79-45-17-57(5)49-61(79)9)73-39-41-75-76-42-40-74(52-82(76)87-81(75)51-73)86(80-46-18-58(6)50-62(80)10)72-37-25-66(26-38-72)64-21-33-70(34-22-64)84(68-29-13-54(2)14-30-68)78-44-16-56(4)48-60(78)8/h11-52H,1-10H3. The minimum absolute atomic E-state index is 1.11. The molecule has 4 nitrogen and oxygen atoms in total. The molecular weight excluding hydrogens is 1070 g/mol. The van der Waals surface area contributed by atoms with Crippen LogP contribution < -0.4 is 19.6 Å². The van der Waals surface area contributed by atoms with Crippen molar-refractivity contribution < 1.29 is 0 Å². The lowest BCUT2D eigenvalue weighted by Gasteiger charge is -2.28. The molecule has 5 heteroatoms. The maximum atomic E-state index is 2.42. The van der Waals surface area contributed by atoms with Crippen LogP contribution in [0.1, 0.15) is 55.6 Å². The summed E-state index contributed by atoms with van der Waals surface area (Å²) in [5.41, 5.74) is 30.8. The van der Waals surface area contributed by atoms with Crippen molar-refractivity contribution in [3.8, 4) is 22.3 Å². The Bertz CT molecular complexity index is 4360. The molecule has 0 saturated carbocycles. The molecule has 0 aliphatic carbocycles. The maximum Gasteiger partial charge on any atom is 0.0490 e. The van der Waals surface area contributed by atoms with Gasteiger partial charge in [0, 0.05) is 88.4 Å². The fourth-order valence-corrected chi connectivity index (χ4v) is 13.7. The molecule has 0 N–H and O–H groups in total. The quantitative estimate of drug-likeness (QED) is 0.108. The summed E-state index contributed by atoms with van der Waals surface area (Å²) in [5, 5.41) is 2.51. The first kappa shape index (κ1) is 56.2. The van der Waals surface area contributed by atoms with Crippen molar-refractivity contribution >= 4 is 99.8 Å². The van der Waals surface area contributed by atoms with Crippen molar-refractivity contribution in [1.82, 2.24) is 0 Å². The summed E-state index contributed by atoms with van der Waals surface area (Å²) in [7, 11) is 0. The highest BCUT2D eigenvalue weighted by Gasteiger charge is 2.22. The average molecular weight is 1150 g/mol. The fourth-order valence-electron chi connectivity index (χ4n) is 12.6. The number of benzene rings is 12. The minimum Gasteiger partial charge on any atom is -0.310 e. The highest BCUT2D eigenvalue weighted by Crippen LogP contribution is 2.47. The lowest BCUT2D eigenvalue weighted by molar-refractivity contribution is 1.23. The molecule has 426 valence electrons. The average Bonchev–Trinajstić information content (AvgIpc) is 1.96. The minimum atomic E-state index is 1.11. The summed E-state index contributed by atoms with van der Waals surface area (Å²) in [6.45, 7) is 21.8. The molecule has 87 heavy (non-hydrogen) atoms. The largest absolute Gasteiger partial charge is 0.310 e. The molecule has 0 aliphatic heterocycles. The first-order valence-electron chi connectivity index (χ1n) is 30.2. The summed E-state index contributed by atoms with van der Waals surface area (Å²) in [6.07, 6.45) is 0. The van der Waals surface area contributed by atoms with E-state index in [9.17, 15) is 0 Å². The number of thiophene rings is 1. The Morgan fingerprint density at radius 2 is 0.402 bits per heavy atom. The van der Waals surface area contributed by atoms with E-state index in [1.807, 2.05) is 11.3 Å². The zero-order valence-electron chi connectivity index (χ0n) is 51.4. The van der Waals surface area contributed by atoms with Crippen molar-refractivity contribution in [3.05, 3.63) is 310 Å². The molecule has 13 rings (SSSR count). The van der Waals surface area contributed by atoms with Crippen LogP contribution in [0.2, 0.25) is 0 Å². The van der Waals surface area contributed by atoms with Gasteiger partial charge in [0.2, 0.25) is 0 Å². The zero-order valence-corrected chi connectivity index (χ0v) is 52.3. The van der Waals surface area contributed by atoms with Gasteiger partial charge in [-0.25, -0.2) is 0 Å². The second kappa shape index (κ2) is 23.5. The predicted octanol–water partition coefficient (Wildman–Crippen LogP) is 24.4. The Labute approximate surface area is 518 Å². The third-order valence-electron chi connectivity index (χ3n) is 17.1. The molecule has 0 radical (unpaired) electrons. The van der Waals surface area contributed by atoms with Gasteiger partial charge < -0.3 is 19.6 Å². The van der Waals surface area contributed by atoms with Gasteiger partial charge in [0.25, 0.3) is 0 Å². The van der Waals surface area contributed by atoms with E-state index in [4.69, 9.17) is 0 Å². The smallest absolute Gasteiger partial charge is 0.0490 e. The molecule has 0 aliphatic rings. The van der Waals surface area contributed by atoms with E-state index in [0.29, 0.717) is 0 Å². The number of hydrogen-bond acceptors (Lipinski definition) is 5. The van der Waals surface area contributed by atoms with Gasteiger partial charge in [0.05, 0.1) is 0 Å². The highest BCUT2D eigenvalue weighted by atomic mass is 32.1. The Hall–Kier alpha value is -9.94. The monoisotopic (exact) mass is 1140 g/mol. The number of nitrogens with zero attached hydrogens (tertiary/aromatic N) is 4. The van der Waals surface area contributed by atoms with Crippen LogP contribution in [0.3, 0.4) is 0 Å². The molecule has 1 heterocycles. The highest BCUT2D eigenvalue weighted by molar-refractivity contribution is 7.25. The number of hydrogen-bond donors (Lipinski definition) is 0. The zero-order chi connectivity index (χ0) is 60.0. The van der Waals surface area contributed by atoms with Crippen molar-refractivity contribution in [2.45, 2.75) is 69.2 Å². The Morgan fingerprint density at radius 3 is 0.644 bits per heavy atom. The van der Waals surface area contributed by atoms with Crippen molar-refractivity contribution in [2.24, 2.45) is 0 Å². The fraction of sp³-hybridized carbons (Fsp3) is 0.122. The van der Waals surface area contributed by atoms with E-state index >= 15 is 0 Å². The van der Waals surface area contributed by atoms with Gasteiger partial charge >= 0.3 is 0 Å². The lowest BCUT2D eigenvalue weighted by Crippen LogP contribution is -2.11. The van der Waals surface area contributed by atoms with Crippen molar-refractivity contribution in [1.29, 1.82) is 0 Å². The van der Waals surface area contributed by atoms with E-state index in [1.54, 1.807) is 0 Å². The number of anilines is 12. The van der Waals surface area contributed by atoms with Gasteiger partial charge in [-0.3, -0.25) is 0 Å². The first-order valence-corrected chi connectivity index (χ1v) is 31.0. The second-order valence-corrected chi connectivity index (χ2v) is 24.9.